The summed E-state index contributed by atoms with van der Waals surface area (Å²) in [5.74, 6) is -3.27. The van der Waals surface area contributed by atoms with E-state index in [-0.39, 0.29) is 22.9 Å². The van der Waals surface area contributed by atoms with E-state index in [1.54, 1.807) is 0 Å². The van der Waals surface area contributed by atoms with Crippen molar-refractivity contribution in [2.24, 2.45) is 0 Å². The molecule has 0 bridgehead atoms. The molecule has 0 unspecified atom stereocenters. The molecule has 0 spiro atoms. The Bertz CT molecular complexity index is 1080. The van der Waals surface area contributed by atoms with Gasteiger partial charge in [0.25, 0.3) is 0 Å². The van der Waals surface area contributed by atoms with Gasteiger partial charge in [0.1, 0.15) is 11.6 Å². The Morgan fingerprint density at radius 1 is 1.10 bits per heavy atom. The number of nitrogens with one attached hydrogen (secondary N) is 1. The minimum absolute atomic E-state index is 0.0193. The Hall–Kier alpha value is -3.88. The predicted octanol–water partition coefficient (Wildman–Crippen LogP) is 3.15. The first-order valence-electron chi connectivity index (χ1n) is 8.41. The average molecular weight is 399 g/mol. The lowest BCUT2D eigenvalue weighted by atomic mass is 10.1. The second-order valence-corrected chi connectivity index (χ2v) is 6.00. The second-order valence-electron chi connectivity index (χ2n) is 6.00. The Balaban J connectivity index is 1.69. The maximum absolute atomic E-state index is 14.1. The van der Waals surface area contributed by atoms with Crippen LogP contribution in [0.3, 0.4) is 0 Å². The summed E-state index contributed by atoms with van der Waals surface area (Å²) in [6, 6.07) is 8.90. The van der Waals surface area contributed by atoms with E-state index in [4.69, 9.17) is 4.74 Å². The first kappa shape index (κ1) is 19.9. The second kappa shape index (κ2) is 8.42. The molecule has 0 radical (unpaired) electrons. The van der Waals surface area contributed by atoms with Crippen LogP contribution < -0.4 is 5.32 Å². The monoisotopic (exact) mass is 399 g/mol. The number of rotatable bonds is 6. The van der Waals surface area contributed by atoms with Gasteiger partial charge >= 0.3 is 5.97 Å². The van der Waals surface area contributed by atoms with Gasteiger partial charge < -0.3 is 10.1 Å². The number of benzene rings is 2. The number of ether oxygens (including phenoxy) is 1. The standard InChI is InChI=1S/C20H15F2N3O4/c1-12(26)24-14-4-7-16(17(22)8-14)19(27)10-29-20(28)18-9-23-11-25(18)15-5-2-13(21)3-6-15/h2-9,11H,10H2,1H3,(H,24,26). The van der Waals surface area contributed by atoms with Crippen molar-refractivity contribution in [2.75, 3.05) is 11.9 Å². The number of ketones is 1. The smallest absolute Gasteiger partial charge is 0.357 e. The molecule has 0 saturated heterocycles. The number of hydrogen-bond donors (Lipinski definition) is 1. The Kier molecular flexibility index (Phi) is 5.77. The number of carbonyl (C=O) groups excluding carboxylic acids is 3. The van der Waals surface area contributed by atoms with Crippen molar-refractivity contribution in [3.63, 3.8) is 0 Å². The fraction of sp³-hybridized carbons (Fsp3) is 0.100. The maximum atomic E-state index is 14.1. The van der Waals surface area contributed by atoms with E-state index in [1.807, 2.05) is 0 Å². The molecule has 0 atom stereocenters. The first-order chi connectivity index (χ1) is 13.8. The third kappa shape index (κ3) is 4.70. The van der Waals surface area contributed by atoms with Crippen molar-refractivity contribution in [3.05, 3.63) is 77.9 Å². The van der Waals surface area contributed by atoms with Gasteiger partial charge in [0, 0.05) is 18.3 Å². The number of anilines is 1. The Morgan fingerprint density at radius 3 is 2.48 bits per heavy atom. The third-order valence-corrected chi connectivity index (χ3v) is 3.88. The molecule has 3 aromatic rings. The number of halogens is 2. The van der Waals surface area contributed by atoms with Crippen LogP contribution in [-0.2, 0) is 9.53 Å². The van der Waals surface area contributed by atoms with Crippen LogP contribution in [0, 0.1) is 11.6 Å². The Morgan fingerprint density at radius 2 is 1.83 bits per heavy atom. The fourth-order valence-corrected chi connectivity index (χ4v) is 2.56. The van der Waals surface area contributed by atoms with E-state index in [9.17, 15) is 23.2 Å². The molecule has 0 aliphatic rings. The molecule has 2 aromatic carbocycles. The molecular weight excluding hydrogens is 384 g/mol. The molecule has 1 heterocycles. The summed E-state index contributed by atoms with van der Waals surface area (Å²) in [6.45, 7) is 0.580. The Labute approximate surface area is 163 Å². The van der Waals surface area contributed by atoms with Gasteiger partial charge in [0.2, 0.25) is 11.7 Å². The van der Waals surface area contributed by atoms with Crippen molar-refractivity contribution in [3.8, 4) is 5.69 Å². The number of hydrogen-bond acceptors (Lipinski definition) is 5. The number of Topliss-reactive ketones (excluding diaryl/α,β-unsaturated/α-hetero) is 1. The van der Waals surface area contributed by atoms with Crippen molar-refractivity contribution >= 4 is 23.3 Å². The first-order valence-corrected chi connectivity index (χ1v) is 8.41. The maximum Gasteiger partial charge on any atom is 0.357 e. The van der Waals surface area contributed by atoms with E-state index >= 15 is 0 Å². The minimum Gasteiger partial charge on any atom is -0.453 e. The quantitative estimate of drug-likeness (QED) is 0.508. The lowest BCUT2D eigenvalue weighted by Crippen LogP contribution is -2.17. The minimum atomic E-state index is -0.853. The van der Waals surface area contributed by atoms with Gasteiger partial charge in [-0.1, -0.05) is 0 Å². The summed E-state index contributed by atoms with van der Waals surface area (Å²) >= 11 is 0. The van der Waals surface area contributed by atoms with Gasteiger partial charge in [-0.3, -0.25) is 14.2 Å². The zero-order valence-corrected chi connectivity index (χ0v) is 15.2. The van der Waals surface area contributed by atoms with Gasteiger partial charge in [0.15, 0.2) is 12.3 Å². The van der Waals surface area contributed by atoms with Crippen LogP contribution in [0.25, 0.3) is 5.69 Å². The number of amides is 1. The van der Waals surface area contributed by atoms with Crippen LogP contribution in [0.1, 0.15) is 27.8 Å². The highest BCUT2D eigenvalue weighted by atomic mass is 19.1. The van der Waals surface area contributed by atoms with Gasteiger partial charge in [-0.2, -0.15) is 0 Å². The van der Waals surface area contributed by atoms with E-state index in [2.05, 4.69) is 10.3 Å². The SMILES string of the molecule is CC(=O)Nc1ccc(C(=O)COC(=O)c2cncn2-c2ccc(F)cc2)c(F)c1. The molecule has 0 fully saturated rings. The summed E-state index contributed by atoms with van der Waals surface area (Å²) in [4.78, 5) is 39.4. The van der Waals surface area contributed by atoms with Crippen molar-refractivity contribution in [1.29, 1.82) is 0 Å². The molecule has 148 valence electrons. The number of imidazole rings is 1. The molecule has 0 saturated carbocycles. The van der Waals surface area contributed by atoms with Gasteiger partial charge in [0.05, 0.1) is 18.1 Å². The van der Waals surface area contributed by atoms with Crippen LogP contribution in [0.2, 0.25) is 0 Å². The summed E-state index contributed by atoms with van der Waals surface area (Å²) < 4.78 is 33.5. The number of nitrogens with zero attached hydrogens (tertiary/aromatic N) is 2. The largest absolute Gasteiger partial charge is 0.453 e. The van der Waals surface area contributed by atoms with Crippen LogP contribution in [0.15, 0.2) is 55.0 Å². The predicted molar refractivity (Wildman–Crippen MR) is 98.8 cm³/mol. The topological polar surface area (TPSA) is 90.3 Å². The van der Waals surface area contributed by atoms with Gasteiger partial charge in [-0.15, -0.1) is 0 Å². The zero-order chi connectivity index (χ0) is 21.0. The third-order valence-electron chi connectivity index (χ3n) is 3.88. The van der Waals surface area contributed by atoms with Gasteiger partial charge in [-0.25, -0.2) is 18.6 Å². The fourth-order valence-electron chi connectivity index (χ4n) is 2.56. The van der Waals surface area contributed by atoms with Crippen molar-refractivity contribution in [1.82, 2.24) is 9.55 Å². The zero-order valence-electron chi connectivity index (χ0n) is 15.2. The summed E-state index contributed by atoms with van der Waals surface area (Å²) in [6.07, 6.45) is 2.57. The number of aromatic nitrogens is 2. The molecule has 0 aliphatic carbocycles. The lowest BCUT2D eigenvalue weighted by Gasteiger charge is -2.09. The molecule has 3 rings (SSSR count). The molecule has 1 aromatic heterocycles. The highest BCUT2D eigenvalue weighted by Gasteiger charge is 2.19. The normalized spacial score (nSPS) is 10.4. The molecule has 0 aliphatic heterocycles. The van der Waals surface area contributed by atoms with Crippen LogP contribution >= 0.6 is 0 Å². The lowest BCUT2D eigenvalue weighted by molar-refractivity contribution is -0.114. The van der Waals surface area contributed by atoms with E-state index in [0.29, 0.717) is 5.69 Å². The average Bonchev–Trinajstić information content (AvgIpc) is 3.16. The van der Waals surface area contributed by atoms with Crippen LogP contribution in [-0.4, -0.2) is 33.8 Å². The van der Waals surface area contributed by atoms with E-state index in [1.165, 1.54) is 60.4 Å². The highest BCUT2D eigenvalue weighted by Crippen LogP contribution is 2.16. The van der Waals surface area contributed by atoms with Crippen molar-refractivity contribution in [2.45, 2.75) is 6.92 Å². The van der Waals surface area contributed by atoms with E-state index in [0.717, 1.165) is 6.07 Å². The molecule has 1 N–H and O–H groups in total. The molecule has 9 heteroatoms. The van der Waals surface area contributed by atoms with Crippen LogP contribution in [0.5, 0.6) is 0 Å². The summed E-state index contributed by atoms with van der Waals surface area (Å²) in [7, 11) is 0. The number of carbonyl (C=O) groups is 3. The molecular formula is C20H15F2N3O4. The summed E-state index contributed by atoms with van der Waals surface area (Å²) in [5, 5.41) is 2.40. The van der Waals surface area contributed by atoms with E-state index < -0.39 is 30.0 Å². The molecule has 29 heavy (non-hydrogen) atoms. The molecule has 7 nitrogen and oxygen atoms in total. The number of esters is 1. The van der Waals surface area contributed by atoms with Crippen molar-refractivity contribution < 1.29 is 27.9 Å². The highest BCUT2D eigenvalue weighted by molar-refractivity contribution is 6.00. The molecule has 1 amide bonds. The van der Waals surface area contributed by atoms with Crippen LogP contribution in [0.4, 0.5) is 14.5 Å². The van der Waals surface area contributed by atoms with Gasteiger partial charge in [-0.05, 0) is 42.5 Å². The summed E-state index contributed by atoms with van der Waals surface area (Å²) in [5.41, 5.74) is 0.415.